The summed E-state index contributed by atoms with van der Waals surface area (Å²) in [6.07, 6.45) is 5.41. The van der Waals surface area contributed by atoms with Gasteiger partial charge in [-0.25, -0.2) is 9.78 Å². The number of carboxylic acid groups (broad SMARTS) is 1. The number of aromatic nitrogens is 3. The molecule has 1 aliphatic heterocycles. The molecule has 208 valence electrons. The minimum atomic E-state index is -1.48. The van der Waals surface area contributed by atoms with Crippen molar-refractivity contribution in [3.63, 3.8) is 0 Å². The minimum absolute atomic E-state index is 0.00348. The zero-order valence-electron chi connectivity index (χ0n) is 22.8. The lowest BCUT2D eigenvalue weighted by atomic mass is 9.85. The average molecular weight is 573 g/mol. The van der Waals surface area contributed by atoms with Crippen molar-refractivity contribution in [3.8, 4) is 5.75 Å². The van der Waals surface area contributed by atoms with Gasteiger partial charge in [0.1, 0.15) is 5.75 Å². The predicted octanol–water partition coefficient (Wildman–Crippen LogP) is 6.70. The van der Waals surface area contributed by atoms with Gasteiger partial charge in [-0.15, -0.1) is 11.3 Å². The second-order valence-corrected chi connectivity index (χ2v) is 12.8. The Bertz CT molecular complexity index is 1340. The van der Waals surface area contributed by atoms with Gasteiger partial charge in [-0.2, -0.15) is 0 Å². The number of hydrogen-bond donors (Lipinski definition) is 1. The summed E-state index contributed by atoms with van der Waals surface area (Å²) in [6, 6.07) is 4.68. The minimum Gasteiger partial charge on any atom is -0.496 e. The number of methoxy groups -OCH3 is 1. The average Bonchev–Trinajstić information content (AvgIpc) is 3.43. The number of nitrogens with zero attached hydrogens (tertiary/aromatic N) is 4. The van der Waals surface area contributed by atoms with Crippen LogP contribution in [0.4, 0.5) is 4.79 Å². The number of hydrogen-bond acceptors (Lipinski definition) is 8. The number of benzene rings is 1. The summed E-state index contributed by atoms with van der Waals surface area (Å²) in [6.45, 7) is 10.1. The fourth-order valence-electron chi connectivity index (χ4n) is 5.49. The smallest absolute Gasteiger partial charge is 0.496 e. The summed E-state index contributed by atoms with van der Waals surface area (Å²) in [5.74, 6) is -0.239. The molecule has 1 N–H and O–H groups in total. The van der Waals surface area contributed by atoms with Gasteiger partial charge in [0.15, 0.2) is 10.2 Å². The lowest BCUT2D eigenvalue weighted by Gasteiger charge is -2.40. The maximum absolute atomic E-state index is 14.5. The van der Waals surface area contributed by atoms with Gasteiger partial charge < -0.3 is 14.6 Å². The number of halogens is 1. The monoisotopic (exact) mass is 572 g/mol. The zero-order valence-corrected chi connectivity index (χ0v) is 24.4. The van der Waals surface area contributed by atoms with E-state index in [0.717, 1.165) is 5.56 Å². The molecular formula is C28H33ClN4O5S. The quantitative estimate of drug-likeness (QED) is 0.311. The summed E-state index contributed by atoms with van der Waals surface area (Å²) in [5.41, 5.74) is 0.220. The van der Waals surface area contributed by atoms with Gasteiger partial charge in [-0.05, 0) is 29.0 Å². The molecule has 0 bridgehead atoms. The highest BCUT2D eigenvalue weighted by molar-refractivity contribution is 7.15. The van der Waals surface area contributed by atoms with E-state index in [0.29, 0.717) is 26.4 Å². The predicted molar refractivity (Wildman–Crippen MR) is 148 cm³/mol. The molecule has 9 nitrogen and oxygen atoms in total. The molecule has 3 aromatic rings. The summed E-state index contributed by atoms with van der Waals surface area (Å²) in [7, 11) is 1.57. The Morgan fingerprint density at radius 3 is 2.51 bits per heavy atom. The van der Waals surface area contributed by atoms with Crippen molar-refractivity contribution in [2.75, 3.05) is 7.11 Å². The van der Waals surface area contributed by atoms with Crippen LogP contribution in [-0.4, -0.2) is 49.9 Å². The SMILES string of the molecule is COc1cc(C(=O)N2[C@@H](c3cnc(Cl)s3)[C@@H](c3cnccn3)C[C@]2(CC(C)C)OC(=O)O)ccc1C(C)(C)C. The third-order valence-electron chi connectivity index (χ3n) is 6.87. The molecule has 1 amide bonds. The van der Waals surface area contributed by atoms with Gasteiger partial charge in [-0.1, -0.05) is 52.3 Å². The van der Waals surface area contributed by atoms with E-state index < -0.39 is 29.7 Å². The fourth-order valence-corrected chi connectivity index (χ4v) is 6.60. The zero-order chi connectivity index (χ0) is 28.5. The molecular weight excluding hydrogens is 540 g/mol. The van der Waals surface area contributed by atoms with Crippen LogP contribution in [0.1, 0.15) is 85.9 Å². The summed E-state index contributed by atoms with van der Waals surface area (Å²) in [4.78, 5) is 41.9. The first kappa shape index (κ1) is 28.8. The Balaban J connectivity index is 1.95. The molecule has 1 saturated heterocycles. The van der Waals surface area contributed by atoms with Crippen molar-refractivity contribution < 1.29 is 24.2 Å². The van der Waals surface area contributed by atoms with Crippen LogP contribution in [0, 0.1) is 5.92 Å². The molecule has 11 heteroatoms. The molecule has 39 heavy (non-hydrogen) atoms. The van der Waals surface area contributed by atoms with E-state index in [-0.39, 0.29) is 24.2 Å². The Labute approximate surface area is 237 Å². The van der Waals surface area contributed by atoms with E-state index in [1.165, 1.54) is 11.3 Å². The summed E-state index contributed by atoms with van der Waals surface area (Å²) < 4.78 is 11.7. The summed E-state index contributed by atoms with van der Waals surface area (Å²) >= 11 is 7.49. The highest BCUT2D eigenvalue weighted by atomic mass is 35.5. The first-order valence-electron chi connectivity index (χ1n) is 12.7. The van der Waals surface area contributed by atoms with Crippen molar-refractivity contribution in [1.82, 2.24) is 19.9 Å². The second kappa shape index (κ2) is 11.1. The highest BCUT2D eigenvalue weighted by Crippen LogP contribution is 2.55. The Morgan fingerprint density at radius 1 is 1.23 bits per heavy atom. The molecule has 0 spiro atoms. The molecule has 1 aliphatic rings. The lowest BCUT2D eigenvalue weighted by molar-refractivity contribution is -0.108. The molecule has 0 radical (unpaired) electrons. The van der Waals surface area contributed by atoms with E-state index in [1.807, 2.05) is 19.9 Å². The lowest BCUT2D eigenvalue weighted by Crippen LogP contribution is -2.51. The third-order valence-corrected chi connectivity index (χ3v) is 8.05. The molecule has 4 rings (SSSR count). The van der Waals surface area contributed by atoms with Crippen LogP contribution in [-0.2, 0) is 10.2 Å². The Hall–Kier alpha value is -3.24. The van der Waals surface area contributed by atoms with E-state index in [1.54, 1.807) is 48.9 Å². The topological polar surface area (TPSA) is 115 Å². The van der Waals surface area contributed by atoms with E-state index in [9.17, 15) is 14.7 Å². The van der Waals surface area contributed by atoms with Gasteiger partial charge in [0, 0.05) is 54.0 Å². The standard InChI is InChI=1S/C28H33ClN4O5S/c1-16(2)12-28(38-26(35)36)13-18(20-14-30-9-10-31-20)23(22-15-32-25(29)39-22)33(28)24(34)17-7-8-19(27(3,4)5)21(11-17)37-6/h7-11,14-16,18,23H,12-13H2,1-6H3,(H,35,36)/t18-,23-,28+/m1/s1. The number of likely N-dealkylation sites (tertiary alicyclic amines) is 1. The maximum atomic E-state index is 14.5. The Morgan fingerprint density at radius 2 is 1.97 bits per heavy atom. The molecule has 1 aromatic carbocycles. The van der Waals surface area contributed by atoms with Crippen molar-refractivity contribution in [1.29, 1.82) is 0 Å². The third kappa shape index (κ3) is 5.86. The van der Waals surface area contributed by atoms with E-state index in [2.05, 4.69) is 35.7 Å². The normalized spacial score (nSPS) is 21.3. The van der Waals surface area contributed by atoms with E-state index in [4.69, 9.17) is 21.1 Å². The van der Waals surface area contributed by atoms with Gasteiger partial charge >= 0.3 is 6.16 Å². The van der Waals surface area contributed by atoms with Crippen molar-refractivity contribution in [3.05, 3.63) is 69.2 Å². The van der Waals surface area contributed by atoms with Crippen LogP contribution in [0.2, 0.25) is 4.47 Å². The van der Waals surface area contributed by atoms with E-state index >= 15 is 0 Å². The maximum Gasteiger partial charge on any atom is 0.507 e. The first-order chi connectivity index (χ1) is 18.4. The Kier molecular flexibility index (Phi) is 8.18. The van der Waals surface area contributed by atoms with Crippen LogP contribution >= 0.6 is 22.9 Å². The first-order valence-corrected chi connectivity index (χ1v) is 13.9. The van der Waals surface area contributed by atoms with Crippen LogP contribution < -0.4 is 4.74 Å². The van der Waals surface area contributed by atoms with Crippen LogP contribution in [0.15, 0.2) is 43.0 Å². The van der Waals surface area contributed by atoms with Crippen molar-refractivity contribution in [2.45, 2.75) is 70.6 Å². The molecule has 3 heterocycles. The summed E-state index contributed by atoms with van der Waals surface area (Å²) in [5, 5.41) is 9.91. The largest absolute Gasteiger partial charge is 0.507 e. The van der Waals surface area contributed by atoms with Gasteiger partial charge in [0.2, 0.25) is 0 Å². The number of carbonyl (C=O) groups excluding carboxylic acids is 1. The molecule has 1 fully saturated rings. The van der Waals surface area contributed by atoms with Crippen LogP contribution in [0.5, 0.6) is 5.75 Å². The number of amides is 1. The van der Waals surface area contributed by atoms with Crippen LogP contribution in [0.25, 0.3) is 0 Å². The number of thiazole rings is 1. The number of ether oxygens (including phenoxy) is 2. The highest BCUT2D eigenvalue weighted by Gasteiger charge is 2.58. The van der Waals surface area contributed by atoms with Crippen LogP contribution in [0.3, 0.4) is 0 Å². The fraction of sp³-hybridized carbons (Fsp3) is 0.464. The van der Waals surface area contributed by atoms with Gasteiger partial charge in [-0.3, -0.25) is 19.7 Å². The van der Waals surface area contributed by atoms with Crippen molar-refractivity contribution in [2.24, 2.45) is 5.92 Å². The number of carbonyl (C=O) groups is 2. The van der Waals surface area contributed by atoms with Gasteiger partial charge in [0.25, 0.3) is 5.91 Å². The molecule has 3 atom stereocenters. The molecule has 0 saturated carbocycles. The van der Waals surface area contributed by atoms with Crippen molar-refractivity contribution >= 4 is 35.0 Å². The molecule has 2 aromatic heterocycles. The number of rotatable bonds is 7. The molecule has 0 unspecified atom stereocenters. The second-order valence-electron chi connectivity index (χ2n) is 11.2. The van der Waals surface area contributed by atoms with Gasteiger partial charge in [0.05, 0.1) is 18.8 Å². The molecule has 0 aliphatic carbocycles.